The molecule has 4 aliphatic rings. The number of benzene rings is 4. The van der Waals surface area contributed by atoms with Crippen LogP contribution in [0.4, 0.5) is 5.69 Å². The summed E-state index contributed by atoms with van der Waals surface area (Å²) in [4.78, 5) is 19.4. The zero-order valence-electron chi connectivity index (χ0n) is 28.2. The van der Waals surface area contributed by atoms with Crippen molar-refractivity contribution in [2.24, 2.45) is 51.3 Å². The molecule has 0 heterocycles. The number of ketones is 1. The first-order chi connectivity index (χ1) is 21.7. The van der Waals surface area contributed by atoms with Gasteiger partial charge in [0.2, 0.25) is 0 Å². The van der Waals surface area contributed by atoms with Gasteiger partial charge in [0.05, 0.1) is 5.69 Å². The van der Waals surface area contributed by atoms with E-state index >= 15 is 0 Å². The number of hydrogen-bond acceptors (Lipinski definition) is 2. The predicted octanol–water partition coefficient (Wildman–Crippen LogP) is 11.9. The summed E-state index contributed by atoms with van der Waals surface area (Å²) in [5.74, 6) is 4.74. The molecule has 4 aromatic rings. The van der Waals surface area contributed by atoms with Crippen molar-refractivity contribution in [2.75, 3.05) is 0 Å². The molecular formula is C43H51NO. The van der Waals surface area contributed by atoms with Gasteiger partial charge in [0.15, 0.2) is 5.78 Å². The Bertz CT molecular complexity index is 1830. The van der Waals surface area contributed by atoms with Crippen LogP contribution in [-0.2, 0) is 4.79 Å². The summed E-state index contributed by atoms with van der Waals surface area (Å²) >= 11 is 0. The van der Waals surface area contributed by atoms with Crippen molar-refractivity contribution in [1.29, 1.82) is 0 Å². The van der Waals surface area contributed by atoms with Crippen LogP contribution in [0, 0.1) is 46.3 Å². The van der Waals surface area contributed by atoms with Crippen molar-refractivity contribution in [1.82, 2.24) is 0 Å². The second-order valence-electron chi connectivity index (χ2n) is 16.6. The van der Waals surface area contributed by atoms with Crippen LogP contribution in [0.2, 0.25) is 0 Å². The van der Waals surface area contributed by atoms with Crippen LogP contribution in [0.1, 0.15) is 98.8 Å². The standard InChI is InChI=1S/C43H51NO/c1-26(2)8-6-9-27(3)34-17-18-35-33-25-39(45)37-24-31(20-22-43(37,5)36(33)21-23-42(34,35)4)44-38-19-15-30-13-12-28-10-7-11-29-14-16-32(38)41(30)40(28)29/h7,10-16,19,24,26-27,33-36H,6,8-9,17-18,20-23,25H2,1-5H3/t27-,33+,34-,35+,36+,42-,43-/m1/s1. The lowest BCUT2D eigenvalue weighted by molar-refractivity contribution is -0.128. The molecule has 8 rings (SSSR count). The highest BCUT2D eigenvalue weighted by atomic mass is 16.1. The van der Waals surface area contributed by atoms with Gasteiger partial charge in [-0.05, 0) is 124 Å². The third-order valence-corrected chi connectivity index (χ3v) is 13.8. The number of carbonyl (C=O) groups excluding carboxylic acids is 1. The Balaban J connectivity index is 1.08. The van der Waals surface area contributed by atoms with E-state index < -0.39 is 0 Å². The number of hydrogen-bond donors (Lipinski definition) is 0. The molecule has 2 nitrogen and oxygen atoms in total. The first-order valence-electron chi connectivity index (χ1n) is 18.2. The van der Waals surface area contributed by atoms with Crippen LogP contribution in [0.5, 0.6) is 0 Å². The Labute approximate surface area is 270 Å². The molecule has 0 unspecified atom stereocenters. The van der Waals surface area contributed by atoms with Crippen LogP contribution in [-0.4, -0.2) is 11.5 Å². The normalized spacial score (nSPS) is 33.2. The lowest BCUT2D eigenvalue weighted by Gasteiger charge is -2.58. The maximum Gasteiger partial charge on any atom is 0.159 e. The largest absolute Gasteiger partial charge is 0.295 e. The first kappa shape index (κ1) is 29.4. The third-order valence-electron chi connectivity index (χ3n) is 13.8. The summed E-state index contributed by atoms with van der Waals surface area (Å²) in [6, 6.07) is 19.9. The van der Waals surface area contributed by atoms with E-state index in [1.54, 1.807) is 0 Å². The molecule has 3 fully saturated rings. The van der Waals surface area contributed by atoms with Gasteiger partial charge in [-0.15, -0.1) is 0 Å². The second kappa shape index (κ2) is 10.8. The Hall–Kier alpha value is -3.00. The summed E-state index contributed by atoms with van der Waals surface area (Å²) < 4.78 is 0. The highest BCUT2D eigenvalue weighted by Crippen LogP contribution is 2.67. The number of fused-ring (bicyclic) bond motifs is 5. The molecule has 3 saturated carbocycles. The molecule has 0 amide bonds. The van der Waals surface area contributed by atoms with E-state index in [-0.39, 0.29) is 5.41 Å². The molecule has 0 aliphatic heterocycles. The molecule has 2 heteroatoms. The van der Waals surface area contributed by atoms with E-state index in [9.17, 15) is 4.79 Å². The number of carbonyl (C=O) groups is 1. The molecule has 7 atom stereocenters. The van der Waals surface area contributed by atoms with Crippen LogP contribution >= 0.6 is 0 Å². The van der Waals surface area contributed by atoms with E-state index in [2.05, 4.69) is 95.3 Å². The molecule has 0 bridgehead atoms. The van der Waals surface area contributed by atoms with E-state index in [4.69, 9.17) is 4.99 Å². The fourth-order valence-electron chi connectivity index (χ4n) is 11.5. The SMILES string of the molecule is CC(C)CCC[C@@H](C)[C@H]1CC[C@H]2[C@@H]3CC(=O)C4=CC(=Nc5ccc6ccc7cccc8ccc5c6c78)CC[C@]4(C)[C@H]3CC[C@]12C. The van der Waals surface area contributed by atoms with Crippen LogP contribution < -0.4 is 0 Å². The monoisotopic (exact) mass is 597 g/mol. The molecular weight excluding hydrogens is 546 g/mol. The topological polar surface area (TPSA) is 29.4 Å². The van der Waals surface area contributed by atoms with Crippen molar-refractivity contribution in [2.45, 2.75) is 98.8 Å². The average molecular weight is 598 g/mol. The number of Topliss-reactive ketones (excluding diaryl/α,β-unsaturated/α-hetero) is 1. The van der Waals surface area contributed by atoms with Gasteiger partial charge in [0.25, 0.3) is 0 Å². The molecule has 45 heavy (non-hydrogen) atoms. The molecule has 0 radical (unpaired) electrons. The van der Waals surface area contributed by atoms with Gasteiger partial charge in [-0.1, -0.05) is 102 Å². The Kier molecular flexibility index (Phi) is 7.05. The Morgan fingerprint density at radius 3 is 2.33 bits per heavy atom. The lowest BCUT2D eigenvalue weighted by Crippen LogP contribution is -2.53. The molecule has 4 aromatic carbocycles. The highest BCUT2D eigenvalue weighted by Gasteiger charge is 2.60. The van der Waals surface area contributed by atoms with Crippen LogP contribution in [0.3, 0.4) is 0 Å². The predicted molar refractivity (Wildman–Crippen MR) is 191 cm³/mol. The summed E-state index contributed by atoms with van der Waals surface area (Å²) in [6.07, 6.45) is 14.4. The molecule has 4 aliphatic carbocycles. The van der Waals surface area contributed by atoms with Crippen LogP contribution in [0.25, 0.3) is 32.3 Å². The molecule has 0 N–H and O–H groups in total. The number of allylic oxidation sites excluding steroid dienone is 2. The zero-order valence-corrected chi connectivity index (χ0v) is 28.2. The average Bonchev–Trinajstić information content (AvgIpc) is 3.38. The first-order valence-corrected chi connectivity index (χ1v) is 18.2. The van der Waals surface area contributed by atoms with Gasteiger partial charge < -0.3 is 0 Å². The smallest absolute Gasteiger partial charge is 0.159 e. The molecule has 0 saturated heterocycles. The van der Waals surface area contributed by atoms with Crippen molar-refractivity contribution in [3.05, 3.63) is 66.2 Å². The third kappa shape index (κ3) is 4.56. The fourth-order valence-corrected chi connectivity index (χ4v) is 11.5. The van der Waals surface area contributed by atoms with Crippen molar-refractivity contribution >= 4 is 49.5 Å². The van der Waals surface area contributed by atoms with Gasteiger partial charge in [-0.2, -0.15) is 0 Å². The minimum Gasteiger partial charge on any atom is -0.295 e. The zero-order chi connectivity index (χ0) is 31.1. The maximum absolute atomic E-state index is 14.1. The minimum atomic E-state index is -0.00995. The van der Waals surface area contributed by atoms with Gasteiger partial charge in [-0.25, -0.2) is 0 Å². The molecule has 234 valence electrons. The van der Waals surface area contributed by atoms with Gasteiger partial charge in [-0.3, -0.25) is 9.79 Å². The van der Waals surface area contributed by atoms with E-state index in [1.165, 1.54) is 77.3 Å². The number of rotatable bonds is 6. The number of nitrogens with zero attached hydrogens (tertiary/aromatic N) is 1. The number of aliphatic imine (C=N–C) groups is 1. The van der Waals surface area contributed by atoms with Crippen molar-refractivity contribution < 1.29 is 4.79 Å². The fraction of sp³-hybridized carbons (Fsp3) is 0.535. The summed E-state index contributed by atoms with van der Waals surface area (Å²) in [7, 11) is 0. The van der Waals surface area contributed by atoms with E-state index in [1.807, 2.05) is 0 Å². The van der Waals surface area contributed by atoms with E-state index in [0.717, 1.165) is 54.0 Å². The second-order valence-corrected chi connectivity index (χ2v) is 16.6. The summed E-state index contributed by atoms with van der Waals surface area (Å²) in [5, 5.41) is 7.70. The van der Waals surface area contributed by atoms with Crippen molar-refractivity contribution in [3.63, 3.8) is 0 Å². The minimum absolute atomic E-state index is 0.00995. The lowest BCUT2D eigenvalue weighted by atomic mass is 9.46. The van der Waals surface area contributed by atoms with Crippen LogP contribution in [0.15, 0.2) is 71.2 Å². The summed E-state index contributed by atoms with van der Waals surface area (Å²) in [5.41, 5.74) is 3.61. The van der Waals surface area contributed by atoms with Gasteiger partial charge >= 0.3 is 0 Å². The summed E-state index contributed by atoms with van der Waals surface area (Å²) in [6.45, 7) is 12.3. The molecule has 0 aromatic heterocycles. The highest BCUT2D eigenvalue weighted by molar-refractivity contribution is 6.25. The van der Waals surface area contributed by atoms with E-state index in [0.29, 0.717) is 29.0 Å². The van der Waals surface area contributed by atoms with Gasteiger partial charge in [0, 0.05) is 23.1 Å². The Morgan fingerprint density at radius 1 is 0.822 bits per heavy atom. The van der Waals surface area contributed by atoms with Crippen molar-refractivity contribution in [3.8, 4) is 0 Å². The molecule has 0 spiro atoms. The quantitative estimate of drug-likeness (QED) is 0.203. The van der Waals surface area contributed by atoms with Gasteiger partial charge in [0.1, 0.15) is 0 Å². The Morgan fingerprint density at radius 2 is 1.56 bits per heavy atom. The maximum atomic E-state index is 14.1.